The predicted molar refractivity (Wildman–Crippen MR) is 281 cm³/mol. The zero-order valence-electron chi connectivity index (χ0n) is 41.6. The van der Waals surface area contributed by atoms with Crippen LogP contribution in [0.2, 0.25) is 0 Å². The quantitative estimate of drug-likeness (QED) is 0.0408. The normalized spacial score (nSPS) is 24.6. The van der Waals surface area contributed by atoms with E-state index in [2.05, 4.69) is 123 Å². The molecule has 0 spiro atoms. The molecule has 5 unspecified atom stereocenters. The van der Waals surface area contributed by atoms with Crippen LogP contribution in [0.1, 0.15) is 115 Å². The van der Waals surface area contributed by atoms with Gasteiger partial charge in [0.2, 0.25) is 5.69 Å². The summed E-state index contributed by atoms with van der Waals surface area (Å²) in [5, 5.41) is 47.2. The number of aryl methyl sites for hydroxylation is 1. The number of hydrogen-bond donors (Lipinski definition) is 6. The smallest absolute Gasteiger partial charge is 0.265 e. The van der Waals surface area contributed by atoms with Crippen molar-refractivity contribution in [1.82, 2.24) is 0 Å². The third-order valence-electron chi connectivity index (χ3n) is 16.1. The number of benzene rings is 4. The van der Waals surface area contributed by atoms with Crippen molar-refractivity contribution in [2.75, 3.05) is 29.5 Å². The van der Waals surface area contributed by atoms with Crippen molar-refractivity contribution in [3.8, 4) is 0 Å². The molecule has 3 aliphatic heterocycles. The molecule has 5 atom stereocenters. The second-order valence-corrected chi connectivity index (χ2v) is 23.0. The van der Waals surface area contributed by atoms with Gasteiger partial charge in [-0.25, -0.2) is 0 Å². The molecule has 1 saturated heterocycles. The van der Waals surface area contributed by atoms with Gasteiger partial charge < -0.3 is 30.1 Å². The van der Waals surface area contributed by atoms with E-state index in [1.54, 1.807) is 0 Å². The third-order valence-corrected chi connectivity index (χ3v) is 17.7. The molecule has 0 aromatic heterocycles. The van der Waals surface area contributed by atoms with Crippen molar-refractivity contribution in [2.45, 2.75) is 147 Å². The van der Waals surface area contributed by atoms with Crippen LogP contribution < -0.4 is 4.90 Å². The monoisotopic (exact) mass is 1010 g/mol. The Kier molecular flexibility index (Phi) is 15.7. The molecule has 3 heterocycles. The lowest BCUT2D eigenvalue weighted by molar-refractivity contribution is -0.437. The van der Waals surface area contributed by atoms with Gasteiger partial charge in [-0.2, -0.15) is 21.4 Å². The molecule has 15 heteroatoms. The van der Waals surface area contributed by atoms with Crippen molar-refractivity contribution in [2.24, 2.45) is 0 Å². The zero-order valence-corrected chi connectivity index (χ0v) is 43.2. The maximum absolute atomic E-state index is 12.1. The minimum Gasteiger partial charge on any atom is -0.388 e. The average Bonchev–Trinajstić information content (AvgIpc) is 3.77. The molecule has 0 radical (unpaired) electrons. The molecule has 382 valence electrons. The summed E-state index contributed by atoms with van der Waals surface area (Å²) < 4.78 is 75.7. The number of anilines is 1. The topological polar surface area (TPSA) is 205 Å². The number of ether oxygens (including phenoxy) is 1. The zero-order chi connectivity index (χ0) is 51.0. The lowest BCUT2D eigenvalue weighted by atomic mass is 9.71. The summed E-state index contributed by atoms with van der Waals surface area (Å²) in [4.78, 5) is 2.23. The Bertz CT molecular complexity index is 3060. The summed E-state index contributed by atoms with van der Waals surface area (Å²) in [7, 11) is -8.41. The first kappa shape index (κ1) is 52.8. The van der Waals surface area contributed by atoms with Crippen LogP contribution in [0, 0.1) is 6.92 Å². The fourth-order valence-electron chi connectivity index (χ4n) is 12.5. The van der Waals surface area contributed by atoms with Crippen LogP contribution in [0.15, 0.2) is 113 Å². The predicted octanol–water partition coefficient (Wildman–Crippen LogP) is 9.02. The van der Waals surface area contributed by atoms with E-state index in [1.807, 2.05) is 12.1 Å². The maximum atomic E-state index is 12.1. The second kappa shape index (κ2) is 21.1. The molecular weight excluding hydrogens is 941 g/mol. The SMILES string of the molecule is CCC1(CC)C(/C=C/C2=C(CCC3OC(O)C(O)C(O)C3O)C(=C/C=C3/N(CCCS(=O)(=O)O)c4ccc5cccc(C)c5c4C3(CC)CC)/CCC2)=[N+](CCCS(=O)(=O)O)c2ccc3ccccc3c21. The Balaban J connectivity index is 1.29. The molecule has 13 nitrogen and oxygen atoms in total. The van der Waals surface area contributed by atoms with Gasteiger partial charge in [-0.05, 0) is 139 Å². The molecule has 0 amide bonds. The summed E-state index contributed by atoms with van der Waals surface area (Å²) in [5.74, 6) is -0.752. The van der Waals surface area contributed by atoms with E-state index >= 15 is 0 Å². The van der Waals surface area contributed by atoms with Gasteiger partial charge in [-0.1, -0.05) is 88.4 Å². The van der Waals surface area contributed by atoms with Crippen LogP contribution in [0.5, 0.6) is 0 Å². The van der Waals surface area contributed by atoms with Gasteiger partial charge >= 0.3 is 0 Å². The fraction of sp³-hybridized carbons (Fsp3) is 0.482. The van der Waals surface area contributed by atoms with E-state index in [-0.39, 0.29) is 30.8 Å². The number of hydrogen-bond acceptors (Lipinski definition) is 10. The Morgan fingerprint density at radius 1 is 0.732 bits per heavy atom. The molecule has 0 saturated carbocycles. The Morgan fingerprint density at radius 2 is 1.41 bits per heavy atom. The first-order valence-corrected chi connectivity index (χ1v) is 28.6. The first-order valence-electron chi connectivity index (χ1n) is 25.4. The van der Waals surface area contributed by atoms with Crippen LogP contribution in [0.3, 0.4) is 0 Å². The second-order valence-electron chi connectivity index (χ2n) is 19.9. The molecule has 1 aliphatic carbocycles. The lowest BCUT2D eigenvalue weighted by Gasteiger charge is -2.38. The van der Waals surface area contributed by atoms with Gasteiger partial charge in [0.15, 0.2) is 12.0 Å². The van der Waals surface area contributed by atoms with Crippen LogP contribution >= 0.6 is 0 Å². The average molecular weight is 1010 g/mol. The van der Waals surface area contributed by atoms with Crippen molar-refractivity contribution in [3.05, 3.63) is 130 Å². The largest absolute Gasteiger partial charge is 0.388 e. The number of allylic oxidation sites excluding steroid dienone is 8. The van der Waals surface area contributed by atoms with E-state index in [4.69, 9.17) is 4.74 Å². The highest BCUT2D eigenvalue weighted by Crippen LogP contribution is 2.55. The van der Waals surface area contributed by atoms with E-state index in [1.165, 1.54) is 16.5 Å². The van der Waals surface area contributed by atoms with Gasteiger partial charge in [0, 0.05) is 47.5 Å². The van der Waals surface area contributed by atoms with Gasteiger partial charge in [-0.15, -0.1) is 0 Å². The minimum absolute atomic E-state index is 0.208. The van der Waals surface area contributed by atoms with E-state index < -0.39 is 61.8 Å². The van der Waals surface area contributed by atoms with Gasteiger partial charge in [0.1, 0.15) is 24.9 Å². The summed E-state index contributed by atoms with van der Waals surface area (Å²) >= 11 is 0. The fourth-order valence-corrected chi connectivity index (χ4v) is 13.5. The standard InChI is InChI=1S/C56H70N2O11S2/c1-6-55(7-2)46(57(32-14-34-70(63,64)65)43-27-22-39-17-10-11-21-42(39)49(43)55)30-24-37-18-13-19-38(41(37)26-29-45-51(59)52(60)53(61)54(62)69-45)25-31-47-56(8-3,9-4)50-44(58(47)33-15-35-71(66,67)68)28-23-40-20-12-16-36(5)48(40)50/h10-12,16-17,20-25,27-28,30-31,45,51-54,59-62H,6-9,13-15,18-19,26,29,32-35H2,1-5H3,(H-,63,64,65,66,67,68)/p+1. The van der Waals surface area contributed by atoms with Crippen LogP contribution in [0.25, 0.3) is 21.5 Å². The molecule has 6 N–H and O–H groups in total. The molecule has 4 aromatic carbocycles. The molecule has 71 heavy (non-hydrogen) atoms. The number of nitrogens with zero attached hydrogens (tertiary/aromatic N) is 2. The molecule has 0 bridgehead atoms. The van der Waals surface area contributed by atoms with Crippen LogP contribution in [-0.2, 0) is 35.8 Å². The Labute approximate surface area is 419 Å². The molecule has 4 aromatic rings. The first-order chi connectivity index (χ1) is 33.8. The van der Waals surface area contributed by atoms with E-state index in [0.717, 1.165) is 106 Å². The maximum Gasteiger partial charge on any atom is 0.265 e. The van der Waals surface area contributed by atoms with Gasteiger partial charge in [0.25, 0.3) is 20.2 Å². The summed E-state index contributed by atoms with van der Waals surface area (Å²) in [6.07, 6.45) is 7.73. The van der Waals surface area contributed by atoms with E-state index in [0.29, 0.717) is 19.5 Å². The minimum atomic E-state index is -4.21. The lowest BCUT2D eigenvalue weighted by Crippen LogP contribution is -2.57. The number of aliphatic hydroxyl groups excluding tert-OH is 4. The van der Waals surface area contributed by atoms with E-state index in [9.17, 15) is 46.4 Å². The molecule has 8 rings (SSSR count). The third kappa shape index (κ3) is 10.1. The summed E-state index contributed by atoms with van der Waals surface area (Å²) in [5.41, 5.74) is 9.89. The Morgan fingerprint density at radius 3 is 2.11 bits per heavy atom. The summed E-state index contributed by atoms with van der Waals surface area (Å²) in [6, 6.07) is 23.1. The molecule has 4 aliphatic rings. The highest BCUT2D eigenvalue weighted by molar-refractivity contribution is 7.86. The highest BCUT2D eigenvalue weighted by Gasteiger charge is 2.50. The van der Waals surface area contributed by atoms with Crippen molar-refractivity contribution in [3.63, 3.8) is 0 Å². The molecular formula is C56H71N2O11S2+. The Hall–Kier alpha value is -4.55. The summed E-state index contributed by atoms with van der Waals surface area (Å²) in [6.45, 7) is 11.6. The number of rotatable bonds is 18. The molecule has 1 fully saturated rings. The highest BCUT2D eigenvalue weighted by atomic mass is 32.2. The number of aliphatic hydroxyl groups is 4. The van der Waals surface area contributed by atoms with Gasteiger partial charge in [0.05, 0.1) is 23.0 Å². The van der Waals surface area contributed by atoms with Crippen molar-refractivity contribution in [1.29, 1.82) is 0 Å². The van der Waals surface area contributed by atoms with Crippen molar-refractivity contribution < 1.29 is 55.7 Å². The van der Waals surface area contributed by atoms with Crippen LogP contribution in [-0.4, -0.2) is 112 Å². The number of fused-ring (bicyclic) bond motifs is 6. The van der Waals surface area contributed by atoms with Crippen LogP contribution in [0.4, 0.5) is 11.4 Å². The van der Waals surface area contributed by atoms with Crippen molar-refractivity contribution >= 4 is 58.9 Å². The van der Waals surface area contributed by atoms with Gasteiger partial charge in [-0.3, -0.25) is 9.11 Å².